The fourth-order valence-corrected chi connectivity index (χ4v) is 2.57. The van der Waals surface area contributed by atoms with Crippen molar-refractivity contribution in [2.45, 2.75) is 20.8 Å². The van der Waals surface area contributed by atoms with Gasteiger partial charge in [-0.15, -0.1) is 0 Å². The maximum atomic E-state index is 12.6. The van der Waals surface area contributed by atoms with Crippen molar-refractivity contribution in [3.05, 3.63) is 68.8 Å². The lowest BCUT2D eigenvalue weighted by Gasteiger charge is -2.09. The Balaban J connectivity index is 2.03. The number of carbonyl (C=O) groups is 1. The van der Waals surface area contributed by atoms with Gasteiger partial charge in [0.2, 0.25) is 5.88 Å². The first kappa shape index (κ1) is 17.9. The predicted molar refractivity (Wildman–Crippen MR) is 97.1 cm³/mol. The van der Waals surface area contributed by atoms with Gasteiger partial charge >= 0.3 is 0 Å². The molecule has 0 unspecified atom stereocenters. The Morgan fingerprint density at radius 3 is 2.70 bits per heavy atom. The van der Waals surface area contributed by atoms with E-state index in [1.165, 1.54) is 0 Å². The molecule has 3 aromatic rings. The second-order valence-corrected chi connectivity index (χ2v) is 6.02. The zero-order valence-corrected chi connectivity index (χ0v) is 14.9. The average molecular weight is 364 g/mol. The molecule has 27 heavy (non-hydrogen) atoms. The van der Waals surface area contributed by atoms with Crippen LogP contribution < -0.4 is 10.9 Å². The molecule has 0 saturated heterocycles. The minimum absolute atomic E-state index is 0.0352. The monoisotopic (exact) mass is 364 g/mol. The lowest BCUT2D eigenvalue weighted by atomic mass is 10.2. The third-order valence-corrected chi connectivity index (χ3v) is 4.10. The van der Waals surface area contributed by atoms with E-state index in [2.05, 4.69) is 10.4 Å². The number of nitriles is 1. The van der Waals surface area contributed by atoms with Crippen LogP contribution in [0.25, 0.3) is 5.69 Å². The minimum Gasteiger partial charge on any atom is -0.505 e. The molecule has 0 atom stereocenters. The maximum Gasteiger partial charge on any atom is 0.282 e. The molecule has 0 spiro atoms. The van der Waals surface area contributed by atoms with Crippen molar-refractivity contribution < 1.29 is 14.3 Å². The minimum atomic E-state index is -0.806. The quantitative estimate of drug-likeness (QED) is 0.737. The highest BCUT2D eigenvalue weighted by atomic mass is 16.4. The Kier molecular flexibility index (Phi) is 4.52. The van der Waals surface area contributed by atoms with Gasteiger partial charge in [0.15, 0.2) is 11.4 Å². The van der Waals surface area contributed by atoms with Crippen LogP contribution in [0.3, 0.4) is 0 Å². The zero-order chi connectivity index (χ0) is 19.7. The predicted octanol–water partition coefficient (Wildman–Crippen LogP) is 2.58. The molecule has 1 aromatic carbocycles. The summed E-state index contributed by atoms with van der Waals surface area (Å²) < 4.78 is 6.41. The van der Waals surface area contributed by atoms with Gasteiger partial charge in [0.1, 0.15) is 17.4 Å². The normalized spacial score (nSPS) is 10.4. The molecular weight excluding hydrogens is 348 g/mol. The van der Waals surface area contributed by atoms with Gasteiger partial charge < -0.3 is 9.52 Å². The highest BCUT2D eigenvalue weighted by Gasteiger charge is 2.21. The molecule has 0 saturated carbocycles. The Hall–Kier alpha value is -3.86. The first-order chi connectivity index (χ1) is 12.8. The largest absolute Gasteiger partial charge is 0.505 e. The molecule has 1 amide bonds. The van der Waals surface area contributed by atoms with Gasteiger partial charge in [-0.1, -0.05) is 12.1 Å². The van der Waals surface area contributed by atoms with Crippen LogP contribution in [0.5, 0.6) is 5.75 Å². The Labute approximate surface area is 154 Å². The fraction of sp³-hybridized carbons (Fsp3) is 0.158. The number of rotatable bonds is 3. The van der Waals surface area contributed by atoms with Crippen molar-refractivity contribution in [2.75, 3.05) is 5.32 Å². The van der Waals surface area contributed by atoms with Gasteiger partial charge in [-0.2, -0.15) is 15.0 Å². The van der Waals surface area contributed by atoms with Crippen LogP contribution in [0.4, 0.5) is 5.88 Å². The molecule has 3 rings (SSSR count). The molecule has 136 valence electrons. The van der Waals surface area contributed by atoms with E-state index < -0.39 is 17.2 Å². The summed E-state index contributed by atoms with van der Waals surface area (Å²) in [6.07, 6.45) is 0. The molecule has 0 fully saturated rings. The Morgan fingerprint density at radius 2 is 2.04 bits per heavy atom. The number of nitrogens with one attached hydrogen (secondary N) is 1. The van der Waals surface area contributed by atoms with Crippen molar-refractivity contribution in [1.29, 1.82) is 5.26 Å². The molecule has 0 aliphatic carbocycles. The third-order valence-electron chi connectivity index (χ3n) is 4.10. The van der Waals surface area contributed by atoms with Crippen LogP contribution in [0.15, 0.2) is 39.5 Å². The highest BCUT2D eigenvalue weighted by Crippen LogP contribution is 2.26. The number of anilines is 1. The number of benzene rings is 1. The van der Waals surface area contributed by atoms with E-state index in [0.29, 0.717) is 17.0 Å². The summed E-state index contributed by atoms with van der Waals surface area (Å²) in [6.45, 7) is 5.22. The number of hydrogen-bond donors (Lipinski definition) is 2. The summed E-state index contributed by atoms with van der Waals surface area (Å²) in [5.41, 5.74) is 1.20. The van der Waals surface area contributed by atoms with E-state index in [1.807, 2.05) is 19.1 Å². The van der Waals surface area contributed by atoms with E-state index in [0.717, 1.165) is 16.3 Å². The number of aromatic hydroxyl groups is 1. The summed E-state index contributed by atoms with van der Waals surface area (Å²) in [4.78, 5) is 24.7. The van der Waals surface area contributed by atoms with Crippen molar-refractivity contribution in [3.8, 4) is 17.5 Å². The van der Waals surface area contributed by atoms with Gasteiger partial charge in [-0.05, 0) is 38.5 Å². The van der Waals surface area contributed by atoms with Gasteiger partial charge in [-0.3, -0.25) is 14.9 Å². The molecule has 8 nitrogen and oxygen atoms in total. The fourth-order valence-electron chi connectivity index (χ4n) is 2.57. The topological polar surface area (TPSA) is 121 Å². The number of aromatic nitrogens is 2. The molecule has 0 radical (unpaired) electrons. The van der Waals surface area contributed by atoms with Crippen LogP contribution in [0.2, 0.25) is 0 Å². The second-order valence-electron chi connectivity index (χ2n) is 6.02. The van der Waals surface area contributed by atoms with Crippen LogP contribution >= 0.6 is 0 Å². The molecule has 2 N–H and O–H groups in total. The van der Waals surface area contributed by atoms with E-state index in [4.69, 9.17) is 4.42 Å². The number of aryl methyl sites for hydroxylation is 2. The maximum absolute atomic E-state index is 12.6. The lowest BCUT2D eigenvalue weighted by molar-refractivity contribution is 0.101. The molecule has 8 heteroatoms. The number of nitrogens with zero attached hydrogens (tertiary/aromatic N) is 3. The number of hydrogen-bond acceptors (Lipinski definition) is 6. The van der Waals surface area contributed by atoms with Crippen LogP contribution in [-0.4, -0.2) is 20.8 Å². The van der Waals surface area contributed by atoms with Gasteiger partial charge in [0.05, 0.1) is 5.69 Å². The molecule has 0 bridgehead atoms. The molecule has 0 aliphatic rings. The molecule has 2 aromatic heterocycles. The Bertz CT molecular complexity index is 1150. The van der Waals surface area contributed by atoms with Crippen molar-refractivity contribution >= 4 is 11.8 Å². The number of furan rings is 1. The van der Waals surface area contributed by atoms with Crippen molar-refractivity contribution in [3.63, 3.8) is 0 Å². The SMILES string of the molecule is Cc1cccc(-n2nc(C(=O)Nc3oc(C)c(C)c3C#N)c(O)cc2=O)c1. The van der Waals surface area contributed by atoms with E-state index in [-0.39, 0.29) is 17.1 Å². The molecular formula is C19H16N4O4. The average Bonchev–Trinajstić information content (AvgIpc) is 2.88. The zero-order valence-electron chi connectivity index (χ0n) is 14.9. The molecule has 2 heterocycles. The summed E-state index contributed by atoms with van der Waals surface area (Å²) in [6, 6.07) is 9.86. The van der Waals surface area contributed by atoms with Gasteiger partial charge in [0, 0.05) is 11.6 Å². The van der Waals surface area contributed by atoms with Gasteiger partial charge in [-0.25, -0.2) is 0 Å². The third kappa shape index (κ3) is 3.30. The first-order valence-electron chi connectivity index (χ1n) is 8.03. The summed E-state index contributed by atoms with van der Waals surface area (Å²) in [5, 5.41) is 25.7. The van der Waals surface area contributed by atoms with Crippen LogP contribution in [-0.2, 0) is 0 Å². The highest BCUT2D eigenvalue weighted by molar-refractivity contribution is 6.04. The summed E-state index contributed by atoms with van der Waals surface area (Å²) in [7, 11) is 0. The van der Waals surface area contributed by atoms with Crippen LogP contribution in [0.1, 0.15) is 32.9 Å². The Morgan fingerprint density at radius 1 is 1.30 bits per heavy atom. The number of amides is 1. The second kappa shape index (κ2) is 6.80. The summed E-state index contributed by atoms with van der Waals surface area (Å²) >= 11 is 0. The van der Waals surface area contributed by atoms with E-state index >= 15 is 0 Å². The first-order valence-corrected chi connectivity index (χ1v) is 8.03. The van der Waals surface area contributed by atoms with E-state index in [9.17, 15) is 20.0 Å². The van der Waals surface area contributed by atoms with E-state index in [1.54, 1.807) is 32.0 Å². The van der Waals surface area contributed by atoms with Crippen molar-refractivity contribution in [1.82, 2.24) is 9.78 Å². The summed E-state index contributed by atoms with van der Waals surface area (Å²) in [5.74, 6) is -0.921. The molecule has 0 aliphatic heterocycles. The number of carbonyl (C=O) groups excluding carboxylic acids is 1. The smallest absolute Gasteiger partial charge is 0.282 e. The van der Waals surface area contributed by atoms with Crippen molar-refractivity contribution in [2.24, 2.45) is 0 Å². The lowest BCUT2D eigenvalue weighted by Crippen LogP contribution is -2.25. The standard InChI is InChI=1S/C19H16N4O4/c1-10-5-4-6-13(7-10)23-16(25)8-15(24)17(22-23)18(26)21-19-14(9-20)11(2)12(3)27-19/h4-8,24H,1-3H3,(H,21,26). The van der Waals surface area contributed by atoms with Crippen LogP contribution in [0, 0.1) is 32.1 Å². The van der Waals surface area contributed by atoms with Gasteiger partial charge in [0.25, 0.3) is 11.5 Å².